The summed E-state index contributed by atoms with van der Waals surface area (Å²) in [7, 11) is 0. The number of halogens is 2. The van der Waals surface area contributed by atoms with E-state index in [0.717, 1.165) is 10.0 Å². The average Bonchev–Trinajstić information content (AvgIpc) is 2.36. The van der Waals surface area contributed by atoms with Crippen molar-refractivity contribution in [2.45, 2.75) is 19.6 Å². The lowest BCUT2D eigenvalue weighted by molar-refractivity contribution is 0.299. The van der Waals surface area contributed by atoms with E-state index in [4.69, 9.17) is 10.5 Å². The molecule has 1 atom stereocenters. The van der Waals surface area contributed by atoms with Crippen LogP contribution in [0.2, 0.25) is 0 Å². The zero-order valence-electron chi connectivity index (χ0n) is 10.6. The van der Waals surface area contributed by atoms with Crippen molar-refractivity contribution in [3.63, 3.8) is 0 Å². The molecule has 0 unspecified atom stereocenters. The number of hydrogen-bond donors (Lipinski definition) is 1. The Bertz CT molecular complexity index is 572. The van der Waals surface area contributed by atoms with Gasteiger partial charge in [0, 0.05) is 16.1 Å². The minimum atomic E-state index is -0.404. The summed E-state index contributed by atoms with van der Waals surface area (Å²) in [5, 5.41) is 0. The van der Waals surface area contributed by atoms with Gasteiger partial charge in [-0.3, -0.25) is 0 Å². The second-order valence-electron chi connectivity index (χ2n) is 4.36. The fourth-order valence-corrected chi connectivity index (χ4v) is 2.32. The zero-order chi connectivity index (χ0) is 13.8. The summed E-state index contributed by atoms with van der Waals surface area (Å²) < 4.78 is 20.4. The normalized spacial score (nSPS) is 12.2. The Morgan fingerprint density at radius 2 is 2.00 bits per heavy atom. The van der Waals surface area contributed by atoms with Gasteiger partial charge in [0.1, 0.15) is 18.2 Å². The molecule has 4 heteroatoms. The standard InChI is InChI=1S/C15H15BrFNO/c1-10(18)15-13(17)6-3-7-14(15)19-9-11-4-2-5-12(16)8-11/h2-8,10H,9,18H2,1H3/t10-/m1/s1. The molecule has 0 bridgehead atoms. The number of ether oxygens (including phenoxy) is 1. The van der Waals surface area contributed by atoms with Crippen LogP contribution in [-0.4, -0.2) is 0 Å². The van der Waals surface area contributed by atoms with E-state index >= 15 is 0 Å². The first-order valence-electron chi connectivity index (χ1n) is 5.99. The zero-order valence-corrected chi connectivity index (χ0v) is 12.2. The molecule has 0 saturated carbocycles. The minimum Gasteiger partial charge on any atom is -0.488 e. The Morgan fingerprint density at radius 1 is 1.26 bits per heavy atom. The lowest BCUT2D eigenvalue weighted by Crippen LogP contribution is -2.10. The number of rotatable bonds is 4. The van der Waals surface area contributed by atoms with Gasteiger partial charge in [0.05, 0.1) is 0 Å². The summed E-state index contributed by atoms with van der Waals surface area (Å²) >= 11 is 3.40. The maximum Gasteiger partial charge on any atom is 0.131 e. The second kappa shape index (κ2) is 6.17. The maximum absolute atomic E-state index is 13.7. The van der Waals surface area contributed by atoms with Crippen molar-refractivity contribution >= 4 is 15.9 Å². The van der Waals surface area contributed by atoms with Crippen LogP contribution >= 0.6 is 15.9 Å². The molecule has 2 N–H and O–H groups in total. The van der Waals surface area contributed by atoms with Crippen LogP contribution in [0.1, 0.15) is 24.1 Å². The van der Waals surface area contributed by atoms with E-state index in [0.29, 0.717) is 17.9 Å². The lowest BCUT2D eigenvalue weighted by atomic mass is 10.1. The summed E-state index contributed by atoms with van der Waals surface area (Å²) in [5.74, 6) is 0.164. The van der Waals surface area contributed by atoms with Gasteiger partial charge in [0.25, 0.3) is 0 Å². The van der Waals surface area contributed by atoms with Crippen LogP contribution in [-0.2, 0) is 6.61 Å². The predicted octanol–water partition coefficient (Wildman–Crippen LogP) is 4.19. The quantitative estimate of drug-likeness (QED) is 0.915. The molecular weight excluding hydrogens is 309 g/mol. The number of hydrogen-bond acceptors (Lipinski definition) is 2. The molecule has 0 radical (unpaired) electrons. The van der Waals surface area contributed by atoms with E-state index < -0.39 is 6.04 Å². The first-order chi connectivity index (χ1) is 9.08. The lowest BCUT2D eigenvalue weighted by Gasteiger charge is -2.14. The van der Waals surface area contributed by atoms with Crippen molar-refractivity contribution in [3.8, 4) is 5.75 Å². The summed E-state index contributed by atoms with van der Waals surface area (Å²) in [6.07, 6.45) is 0. The first kappa shape index (κ1) is 14.0. The molecular formula is C15H15BrFNO. The smallest absolute Gasteiger partial charge is 0.131 e. The van der Waals surface area contributed by atoms with E-state index in [1.807, 2.05) is 24.3 Å². The highest BCUT2D eigenvalue weighted by Crippen LogP contribution is 2.27. The molecule has 0 aliphatic rings. The third-order valence-corrected chi connectivity index (χ3v) is 3.24. The molecule has 0 aromatic heterocycles. The van der Waals surface area contributed by atoms with E-state index in [-0.39, 0.29) is 5.82 Å². The Hall–Kier alpha value is -1.39. The molecule has 100 valence electrons. The SMILES string of the molecule is C[C@@H](N)c1c(F)cccc1OCc1cccc(Br)c1. The van der Waals surface area contributed by atoms with Crippen LogP contribution in [0.5, 0.6) is 5.75 Å². The van der Waals surface area contributed by atoms with Crippen LogP contribution < -0.4 is 10.5 Å². The molecule has 19 heavy (non-hydrogen) atoms. The largest absolute Gasteiger partial charge is 0.488 e. The molecule has 0 spiro atoms. The predicted molar refractivity (Wildman–Crippen MR) is 77.5 cm³/mol. The molecule has 0 fully saturated rings. The van der Waals surface area contributed by atoms with Crippen molar-refractivity contribution < 1.29 is 9.13 Å². The van der Waals surface area contributed by atoms with E-state index in [1.165, 1.54) is 6.07 Å². The highest BCUT2D eigenvalue weighted by atomic mass is 79.9. The van der Waals surface area contributed by atoms with Gasteiger partial charge in [0.15, 0.2) is 0 Å². The first-order valence-corrected chi connectivity index (χ1v) is 6.78. The Kier molecular flexibility index (Phi) is 4.56. The highest BCUT2D eigenvalue weighted by Gasteiger charge is 2.13. The van der Waals surface area contributed by atoms with Crippen molar-refractivity contribution in [2.75, 3.05) is 0 Å². The fourth-order valence-electron chi connectivity index (χ4n) is 1.87. The molecule has 2 aromatic rings. The van der Waals surface area contributed by atoms with E-state index in [1.54, 1.807) is 19.1 Å². The van der Waals surface area contributed by atoms with Gasteiger partial charge >= 0.3 is 0 Å². The molecule has 0 heterocycles. The van der Waals surface area contributed by atoms with Crippen LogP contribution in [0, 0.1) is 5.82 Å². The average molecular weight is 324 g/mol. The van der Waals surface area contributed by atoms with Gasteiger partial charge in [0.2, 0.25) is 0 Å². The van der Waals surface area contributed by atoms with E-state index in [9.17, 15) is 4.39 Å². The second-order valence-corrected chi connectivity index (χ2v) is 5.27. The van der Waals surface area contributed by atoms with Crippen molar-refractivity contribution in [1.29, 1.82) is 0 Å². The van der Waals surface area contributed by atoms with Gasteiger partial charge in [-0.1, -0.05) is 34.1 Å². The Labute approximate surface area is 120 Å². The highest BCUT2D eigenvalue weighted by molar-refractivity contribution is 9.10. The monoisotopic (exact) mass is 323 g/mol. The van der Waals surface area contributed by atoms with Crippen LogP contribution in [0.15, 0.2) is 46.9 Å². The van der Waals surface area contributed by atoms with Gasteiger partial charge in [-0.25, -0.2) is 4.39 Å². The number of nitrogens with two attached hydrogens (primary N) is 1. The summed E-state index contributed by atoms with van der Waals surface area (Å²) in [6.45, 7) is 2.12. The molecule has 0 aliphatic carbocycles. The van der Waals surface area contributed by atoms with Gasteiger partial charge < -0.3 is 10.5 Å². The topological polar surface area (TPSA) is 35.2 Å². The molecule has 0 amide bonds. The Balaban J connectivity index is 2.18. The Morgan fingerprint density at radius 3 is 2.68 bits per heavy atom. The maximum atomic E-state index is 13.7. The molecule has 2 aromatic carbocycles. The molecule has 2 rings (SSSR count). The third-order valence-electron chi connectivity index (χ3n) is 2.75. The third kappa shape index (κ3) is 3.55. The van der Waals surface area contributed by atoms with Crippen LogP contribution in [0.3, 0.4) is 0 Å². The summed E-state index contributed by atoms with van der Waals surface area (Å²) in [4.78, 5) is 0. The fraction of sp³-hybridized carbons (Fsp3) is 0.200. The van der Waals surface area contributed by atoms with Crippen LogP contribution in [0.4, 0.5) is 4.39 Å². The van der Waals surface area contributed by atoms with E-state index in [2.05, 4.69) is 15.9 Å². The molecule has 0 saturated heterocycles. The number of benzene rings is 2. The van der Waals surface area contributed by atoms with Gasteiger partial charge in [-0.15, -0.1) is 0 Å². The van der Waals surface area contributed by atoms with Gasteiger partial charge in [-0.2, -0.15) is 0 Å². The molecule has 0 aliphatic heterocycles. The summed E-state index contributed by atoms with van der Waals surface area (Å²) in [6, 6.07) is 12.1. The van der Waals surface area contributed by atoms with Crippen molar-refractivity contribution in [2.24, 2.45) is 5.73 Å². The minimum absolute atomic E-state index is 0.332. The van der Waals surface area contributed by atoms with Crippen molar-refractivity contribution in [1.82, 2.24) is 0 Å². The summed E-state index contributed by atoms with van der Waals surface area (Å²) in [5.41, 5.74) is 7.20. The van der Waals surface area contributed by atoms with Crippen molar-refractivity contribution in [3.05, 3.63) is 63.9 Å². The molecule has 2 nitrogen and oxygen atoms in total. The van der Waals surface area contributed by atoms with Crippen LogP contribution in [0.25, 0.3) is 0 Å². The van der Waals surface area contributed by atoms with Gasteiger partial charge in [-0.05, 0) is 36.8 Å².